The van der Waals surface area contributed by atoms with E-state index >= 15 is 0 Å². The third-order valence-electron chi connectivity index (χ3n) is 4.44. The highest BCUT2D eigenvalue weighted by Crippen LogP contribution is 2.18. The number of amides is 1. The van der Waals surface area contributed by atoms with Gasteiger partial charge in [0.1, 0.15) is 17.1 Å². The van der Waals surface area contributed by atoms with Gasteiger partial charge in [-0.1, -0.05) is 18.2 Å². The number of esters is 1. The molecule has 26 heavy (non-hydrogen) atoms. The molecule has 0 atom stereocenters. The van der Waals surface area contributed by atoms with Gasteiger partial charge in [0.2, 0.25) is 5.91 Å². The van der Waals surface area contributed by atoms with Gasteiger partial charge in [0, 0.05) is 31.7 Å². The summed E-state index contributed by atoms with van der Waals surface area (Å²) in [5.41, 5.74) is 1.51. The van der Waals surface area contributed by atoms with Crippen molar-refractivity contribution in [2.24, 2.45) is 0 Å². The van der Waals surface area contributed by atoms with Crippen molar-refractivity contribution in [3.8, 4) is 0 Å². The number of hydrogen-bond acceptors (Lipinski definition) is 4. The zero-order chi connectivity index (χ0) is 18.7. The maximum atomic E-state index is 12.4. The van der Waals surface area contributed by atoms with Crippen molar-refractivity contribution >= 4 is 22.8 Å². The summed E-state index contributed by atoms with van der Waals surface area (Å²) in [5, 5.41) is 1.16. The number of rotatable bonds is 6. The van der Waals surface area contributed by atoms with Crippen LogP contribution >= 0.6 is 0 Å². The predicted octanol–water partition coefficient (Wildman–Crippen LogP) is 3.38. The Morgan fingerprint density at radius 1 is 1.23 bits per heavy atom. The highest BCUT2D eigenvalue weighted by molar-refractivity contribution is 5.90. The Morgan fingerprint density at radius 2 is 2.00 bits per heavy atom. The Hall–Kier alpha value is -3.02. The van der Waals surface area contributed by atoms with Crippen molar-refractivity contribution in [1.82, 2.24) is 9.47 Å². The molecule has 6 heteroatoms. The highest BCUT2D eigenvalue weighted by atomic mass is 16.5. The minimum Gasteiger partial charge on any atom is -0.465 e. The van der Waals surface area contributed by atoms with E-state index in [-0.39, 0.29) is 5.91 Å². The summed E-state index contributed by atoms with van der Waals surface area (Å²) in [5.74, 6) is 0.624. The Kier molecular flexibility index (Phi) is 5.11. The van der Waals surface area contributed by atoms with E-state index in [0.717, 1.165) is 10.9 Å². The summed E-state index contributed by atoms with van der Waals surface area (Å²) in [6.07, 6.45) is 2.38. The predicted molar refractivity (Wildman–Crippen MR) is 97.8 cm³/mol. The Morgan fingerprint density at radius 3 is 2.77 bits per heavy atom. The van der Waals surface area contributed by atoms with Gasteiger partial charge in [-0.2, -0.15) is 0 Å². The third kappa shape index (κ3) is 3.64. The number of para-hydroxylation sites is 1. The van der Waals surface area contributed by atoms with Crippen LogP contribution in [0.4, 0.5) is 0 Å². The van der Waals surface area contributed by atoms with Crippen LogP contribution < -0.4 is 0 Å². The number of aryl methyl sites for hydroxylation is 2. The molecule has 0 aliphatic carbocycles. The van der Waals surface area contributed by atoms with Crippen LogP contribution in [0.2, 0.25) is 0 Å². The van der Waals surface area contributed by atoms with E-state index in [1.165, 1.54) is 7.11 Å². The number of ether oxygens (including phenoxy) is 1. The van der Waals surface area contributed by atoms with Crippen LogP contribution in [0.5, 0.6) is 0 Å². The summed E-state index contributed by atoms with van der Waals surface area (Å²) < 4.78 is 12.4. The lowest BCUT2D eigenvalue weighted by atomic mass is 10.2. The molecule has 0 fully saturated rings. The highest BCUT2D eigenvalue weighted by Gasteiger charge is 2.18. The number of carbonyl (C=O) groups excluding carboxylic acids is 2. The van der Waals surface area contributed by atoms with E-state index in [9.17, 15) is 9.59 Å². The van der Waals surface area contributed by atoms with Crippen LogP contribution in [0.25, 0.3) is 10.9 Å². The Bertz CT molecular complexity index is 938. The standard InChI is InChI=1S/C20H22N2O4/c1-14-17(20(24)25-3)12-16(26-14)13-21(2)19(23)9-11-22-10-8-15-6-4-5-7-18(15)22/h4-8,10,12H,9,11,13H2,1-3H3. The van der Waals surface area contributed by atoms with Crippen LogP contribution in [-0.2, 0) is 22.6 Å². The quantitative estimate of drug-likeness (QED) is 0.637. The molecule has 0 unspecified atom stereocenters. The van der Waals surface area contributed by atoms with Crippen molar-refractivity contribution in [2.75, 3.05) is 14.2 Å². The number of methoxy groups -OCH3 is 1. The first kappa shape index (κ1) is 17.8. The number of furan rings is 1. The number of nitrogens with zero attached hydrogens (tertiary/aromatic N) is 2. The number of benzene rings is 1. The van der Waals surface area contributed by atoms with E-state index in [0.29, 0.717) is 36.6 Å². The van der Waals surface area contributed by atoms with Gasteiger partial charge >= 0.3 is 5.97 Å². The third-order valence-corrected chi connectivity index (χ3v) is 4.44. The van der Waals surface area contributed by atoms with Crippen LogP contribution in [0.15, 0.2) is 47.0 Å². The molecular formula is C20H22N2O4. The zero-order valence-electron chi connectivity index (χ0n) is 15.2. The molecule has 2 aromatic heterocycles. The van der Waals surface area contributed by atoms with Crippen molar-refractivity contribution in [2.45, 2.75) is 26.4 Å². The topological polar surface area (TPSA) is 64.7 Å². The van der Waals surface area contributed by atoms with Gasteiger partial charge < -0.3 is 18.6 Å². The lowest BCUT2D eigenvalue weighted by Crippen LogP contribution is -2.26. The van der Waals surface area contributed by atoms with Crippen LogP contribution in [-0.4, -0.2) is 35.5 Å². The lowest BCUT2D eigenvalue weighted by molar-refractivity contribution is -0.130. The second-order valence-corrected chi connectivity index (χ2v) is 6.24. The normalized spacial score (nSPS) is 10.9. The van der Waals surface area contributed by atoms with Crippen LogP contribution in [0, 0.1) is 6.92 Å². The van der Waals surface area contributed by atoms with E-state index < -0.39 is 5.97 Å². The fraction of sp³-hybridized carbons (Fsp3) is 0.300. The van der Waals surface area contributed by atoms with Gasteiger partial charge in [-0.25, -0.2) is 4.79 Å². The van der Waals surface area contributed by atoms with E-state index in [1.54, 1.807) is 24.9 Å². The van der Waals surface area contributed by atoms with Crippen molar-refractivity contribution in [1.29, 1.82) is 0 Å². The van der Waals surface area contributed by atoms with Gasteiger partial charge in [-0.05, 0) is 30.5 Å². The second-order valence-electron chi connectivity index (χ2n) is 6.24. The summed E-state index contributed by atoms with van der Waals surface area (Å²) in [6, 6.07) is 11.8. The van der Waals surface area contributed by atoms with E-state index in [4.69, 9.17) is 9.15 Å². The average Bonchev–Trinajstić information content (AvgIpc) is 3.22. The van der Waals surface area contributed by atoms with E-state index in [1.807, 2.05) is 30.5 Å². The first-order chi connectivity index (χ1) is 12.5. The van der Waals surface area contributed by atoms with Crippen LogP contribution in [0.3, 0.4) is 0 Å². The average molecular weight is 354 g/mol. The monoisotopic (exact) mass is 354 g/mol. The molecule has 6 nitrogen and oxygen atoms in total. The number of aromatic nitrogens is 1. The molecule has 0 aliphatic heterocycles. The molecule has 3 rings (SSSR count). The SMILES string of the molecule is COC(=O)c1cc(CN(C)C(=O)CCn2ccc3ccccc32)oc1C. The first-order valence-electron chi connectivity index (χ1n) is 8.45. The summed E-state index contributed by atoms with van der Waals surface area (Å²) in [7, 11) is 3.06. The lowest BCUT2D eigenvalue weighted by Gasteiger charge is -2.16. The number of hydrogen-bond donors (Lipinski definition) is 0. The van der Waals surface area contributed by atoms with Gasteiger partial charge in [0.15, 0.2) is 0 Å². The van der Waals surface area contributed by atoms with Crippen molar-refractivity contribution in [3.63, 3.8) is 0 Å². The first-order valence-corrected chi connectivity index (χ1v) is 8.45. The van der Waals surface area contributed by atoms with Crippen LogP contribution in [0.1, 0.15) is 28.3 Å². The smallest absolute Gasteiger partial charge is 0.341 e. The fourth-order valence-electron chi connectivity index (χ4n) is 3.00. The van der Waals surface area contributed by atoms with Crippen molar-refractivity contribution in [3.05, 3.63) is 59.7 Å². The Labute approximate surface area is 151 Å². The number of fused-ring (bicyclic) bond motifs is 1. The van der Waals surface area contributed by atoms with E-state index in [2.05, 4.69) is 10.6 Å². The molecule has 1 amide bonds. The fourth-order valence-corrected chi connectivity index (χ4v) is 3.00. The molecule has 2 heterocycles. The zero-order valence-corrected chi connectivity index (χ0v) is 15.2. The maximum absolute atomic E-state index is 12.4. The molecule has 0 saturated heterocycles. The molecule has 0 spiro atoms. The molecule has 0 bridgehead atoms. The Balaban J connectivity index is 1.60. The minimum atomic E-state index is -0.439. The van der Waals surface area contributed by atoms with Gasteiger partial charge in [0.25, 0.3) is 0 Å². The summed E-state index contributed by atoms with van der Waals surface area (Å²) in [6.45, 7) is 2.62. The summed E-state index contributed by atoms with van der Waals surface area (Å²) in [4.78, 5) is 25.7. The molecule has 0 saturated carbocycles. The molecule has 0 radical (unpaired) electrons. The van der Waals surface area contributed by atoms with Crippen molar-refractivity contribution < 1.29 is 18.7 Å². The maximum Gasteiger partial charge on any atom is 0.341 e. The van der Waals surface area contributed by atoms with Gasteiger partial charge in [-0.15, -0.1) is 0 Å². The molecule has 0 N–H and O–H groups in total. The summed E-state index contributed by atoms with van der Waals surface area (Å²) >= 11 is 0. The molecule has 1 aromatic carbocycles. The molecular weight excluding hydrogens is 332 g/mol. The van der Waals surface area contributed by atoms with Gasteiger partial charge in [-0.3, -0.25) is 4.79 Å². The molecule has 0 aliphatic rings. The van der Waals surface area contributed by atoms with Gasteiger partial charge in [0.05, 0.1) is 13.7 Å². The molecule has 3 aromatic rings. The second kappa shape index (κ2) is 7.47. The molecule has 136 valence electrons. The largest absolute Gasteiger partial charge is 0.465 e. The minimum absolute atomic E-state index is 0.0106. The number of carbonyl (C=O) groups is 2.